The molecule has 4 atom stereocenters. The Morgan fingerprint density at radius 1 is 0.488 bits per heavy atom. The fourth-order valence-electron chi connectivity index (χ4n) is 9.54. The Hall–Kier alpha value is -4.10. The van der Waals surface area contributed by atoms with E-state index in [9.17, 15) is 0 Å². The predicted molar refractivity (Wildman–Crippen MR) is 180 cm³/mol. The monoisotopic (exact) mass is 557 g/mol. The topological polar surface area (TPSA) is 3.24 Å². The summed E-state index contributed by atoms with van der Waals surface area (Å²) in [6.07, 6.45) is 8.17. The Bertz CT molecular complexity index is 1830. The molecular formula is C42H39N. The summed E-state index contributed by atoms with van der Waals surface area (Å²) in [6, 6.07) is 39.1. The van der Waals surface area contributed by atoms with Gasteiger partial charge in [-0.3, -0.25) is 0 Å². The molecule has 0 amide bonds. The third-order valence-electron chi connectivity index (χ3n) is 11.3. The molecule has 0 aromatic heterocycles. The minimum Gasteiger partial charge on any atom is -0.310 e. The molecule has 0 radical (unpaired) electrons. The van der Waals surface area contributed by atoms with Crippen LogP contribution in [0.5, 0.6) is 0 Å². The molecule has 9 rings (SSSR count). The SMILES string of the molecule is Cc1cc(-c2ccc(-c3cc(C)c4c(c3)C3CCC4C3)c(N(c3ccccc3)c3ccccc3)c2)cc2c1C1CCC2C1. The highest BCUT2D eigenvalue weighted by atomic mass is 15.1. The lowest BCUT2D eigenvalue weighted by molar-refractivity contribution is 0.714. The van der Waals surface area contributed by atoms with Crippen molar-refractivity contribution < 1.29 is 0 Å². The average Bonchev–Trinajstić information content (AvgIpc) is 3.85. The van der Waals surface area contributed by atoms with Crippen molar-refractivity contribution >= 4 is 17.1 Å². The zero-order valence-electron chi connectivity index (χ0n) is 25.3. The van der Waals surface area contributed by atoms with Crippen LogP contribution in [0, 0.1) is 13.8 Å². The lowest BCUT2D eigenvalue weighted by Gasteiger charge is -2.29. The zero-order chi connectivity index (χ0) is 28.7. The molecule has 2 saturated carbocycles. The Balaban J connectivity index is 1.26. The van der Waals surface area contributed by atoms with Crippen molar-refractivity contribution in [1.29, 1.82) is 0 Å². The summed E-state index contributed by atoms with van der Waals surface area (Å²) in [5.74, 6) is 3.06. The molecule has 4 aliphatic carbocycles. The van der Waals surface area contributed by atoms with E-state index in [1.807, 2.05) is 0 Å². The minimum atomic E-state index is 0.741. The first-order valence-corrected chi connectivity index (χ1v) is 16.5. The van der Waals surface area contributed by atoms with Crippen molar-refractivity contribution in [2.75, 3.05) is 4.90 Å². The summed E-state index contributed by atoms with van der Waals surface area (Å²) < 4.78 is 0. The Kier molecular flexibility index (Phi) is 5.74. The van der Waals surface area contributed by atoms with Gasteiger partial charge in [-0.25, -0.2) is 0 Å². The van der Waals surface area contributed by atoms with E-state index in [0.717, 1.165) is 23.7 Å². The van der Waals surface area contributed by atoms with Crippen LogP contribution < -0.4 is 4.90 Å². The number of nitrogens with zero attached hydrogens (tertiary/aromatic N) is 1. The summed E-state index contributed by atoms with van der Waals surface area (Å²) >= 11 is 0. The van der Waals surface area contributed by atoms with Crippen LogP contribution in [-0.4, -0.2) is 0 Å². The maximum Gasteiger partial charge on any atom is 0.0546 e. The Labute approximate surface area is 256 Å². The van der Waals surface area contributed by atoms with Crippen LogP contribution in [0.3, 0.4) is 0 Å². The molecule has 4 unspecified atom stereocenters. The van der Waals surface area contributed by atoms with Gasteiger partial charge in [-0.1, -0.05) is 72.8 Å². The van der Waals surface area contributed by atoms with E-state index >= 15 is 0 Å². The molecule has 2 fully saturated rings. The largest absolute Gasteiger partial charge is 0.310 e. The van der Waals surface area contributed by atoms with Gasteiger partial charge in [-0.2, -0.15) is 0 Å². The van der Waals surface area contributed by atoms with E-state index in [4.69, 9.17) is 0 Å². The minimum absolute atomic E-state index is 0.741. The highest BCUT2D eigenvalue weighted by Gasteiger charge is 2.39. The molecule has 0 N–H and O–H groups in total. The van der Waals surface area contributed by atoms with E-state index < -0.39 is 0 Å². The van der Waals surface area contributed by atoms with Crippen molar-refractivity contribution in [1.82, 2.24) is 0 Å². The molecule has 0 aliphatic heterocycles. The maximum atomic E-state index is 2.55. The van der Waals surface area contributed by atoms with Gasteiger partial charge in [0.25, 0.3) is 0 Å². The second-order valence-corrected chi connectivity index (χ2v) is 13.7. The number of rotatable bonds is 5. The number of aryl methyl sites for hydroxylation is 2. The molecular weight excluding hydrogens is 518 g/mol. The number of fused-ring (bicyclic) bond motifs is 10. The lowest BCUT2D eigenvalue weighted by atomic mass is 9.84. The first kappa shape index (κ1) is 25.4. The molecule has 212 valence electrons. The molecule has 1 heteroatoms. The second-order valence-electron chi connectivity index (χ2n) is 13.7. The van der Waals surface area contributed by atoms with Gasteiger partial charge in [0, 0.05) is 16.9 Å². The number of benzene rings is 5. The summed E-state index contributed by atoms with van der Waals surface area (Å²) in [5, 5.41) is 0. The molecule has 0 spiro atoms. The smallest absolute Gasteiger partial charge is 0.0546 e. The highest BCUT2D eigenvalue weighted by Crippen LogP contribution is 2.57. The van der Waals surface area contributed by atoms with Gasteiger partial charge in [-0.05, 0) is 156 Å². The van der Waals surface area contributed by atoms with Crippen molar-refractivity contribution in [2.24, 2.45) is 0 Å². The molecule has 5 aromatic rings. The first-order valence-electron chi connectivity index (χ1n) is 16.5. The van der Waals surface area contributed by atoms with Crippen LogP contribution in [0.15, 0.2) is 103 Å². The van der Waals surface area contributed by atoms with Crippen LogP contribution in [0.2, 0.25) is 0 Å². The van der Waals surface area contributed by atoms with E-state index in [2.05, 4.69) is 122 Å². The summed E-state index contributed by atoms with van der Waals surface area (Å²) in [4.78, 5) is 2.47. The number of hydrogen-bond acceptors (Lipinski definition) is 1. The quantitative estimate of drug-likeness (QED) is 0.208. The van der Waals surface area contributed by atoms with Crippen LogP contribution in [0.1, 0.15) is 95.6 Å². The third-order valence-corrected chi connectivity index (χ3v) is 11.3. The summed E-state index contributed by atoms with van der Waals surface area (Å²) in [6.45, 7) is 4.70. The molecule has 1 nitrogen and oxygen atoms in total. The Morgan fingerprint density at radius 2 is 1.00 bits per heavy atom. The van der Waals surface area contributed by atoms with Gasteiger partial charge < -0.3 is 4.90 Å². The van der Waals surface area contributed by atoms with Crippen molar-refractivity contribution in [3.8, 4) is 22.3 Å². The standard InChI is InChI=1S/C42H39N/c1-26-19-33(23-38-29-13-15-31(21-29)41(26)38)28-17-18-37(34-20-27(2)42-32-16-14-30(22-32)39(42)24-34)40(25-28)43(35-9-5-3-6-10-35)36-11-7-4-8-12-36/h3-12,17-20,23-25,29-32H,13-16,21-22H2,1-2H3. The van der Waals surface area contributed by atoms with Crippen LogP contribution in [0.25, 0.3) is 22.3 Å². The summed E-state index contributed by atoms with van der Waals surface area (Å²) in [5.41, 5.74) is 18.5. The number of para-hydroxylation sites is 2. The third kappa shape index (κ3) is 3.97. The van der Waals surface area contributed by atoms with Crippen LogP contribution in [-0.2, 0) is 0 Å². The van der Waals surface area contributed by atoms with Crippen molar-refractivity contribution in [3.05, 3.63) is 137 Å². The normalized spacial score (nSPS) is 22.6. The zero-order valence-corrected chi connectivity index (χ0v) is 25.3. The number of hydrogen-bond donors (Lipinski definition) is 0. The molecule has 0 saturated heterocycles. The first-order chi connectivity index (χ1) is 21.1. The van der Waals surface area contributed by atoms with Crippen molar-refractivity contribution in [3.63, 3.8) is 0 Å². The molecule has 0 heterocycles. The van der Waals surface area contributed by atoms with E-state index in [1.54, 1.807) is 22.3 Å². The van der Waals surface area contributed by atoms with E-state index in [0.29, 0.717) is 0 Å². The van der Waals surface area contributed by atoms with Gasteiger partial charge in [0.05, 0.1) is 5.69 Å². The Morgan fingerprint density at radius 3 is 1.58 bits per heavy atom. The van der Waals surface area contributed by atoms with Crippen LogP contribution in [0.4, 0.5) is 17.1 Å². The average molecular weight is 558 g/mol. The molecule has 43 heavy (non-hydrogen) atoms. The number of anilines is 3. The van der Waals surface area contributed by atoms with E-state index in [-0.39, 0.29) is 0 Å². The van der Waals surface area contributed by atoms with Gasteiger partial charge >= 0.3 is 0 Å². The van der Waals surface area contributed by atoms with Gasteiger partial charge in [-0.15, -0.1) is 0 Å². The fourth-order valence-corrected chi connectivity index (χ4v) is 9.54. The second kappa shape index (κ2) is 9.71. The van der Waals surface area contributed by atoms with Crippen molar-refractivity contribution in [2.45, 2.75) is 76.0 Å². The van der Waals surface area contributed by atoms with Crippen LogP contribution >= 0.6 is 0 Å². The van der Waals surface area contributed by atoms with Gasteiger partial charge in [0.2, 0.25) is 0 Å². The summed E-state index contributed by atoms with van der Waals surface area (Å²) in [7, 11) is 0. The van der Waals surface area contributed by atoms with Gasteiger partial charge in [0.1, 0.15) is 0 Å². The molecule has 5 aromatic carbocycles. The fraction of sp³-hybridized carbons (Fsp3) is 0.286. The maximum absolute atomic E-state index is 2.55. The van der Waals surface area contributed by atoms with Gasteiger partial charge in [0.15, 0.2) is 0 Å². The predicted octanol–water partition coefficient (Wildman–Crippen LogP) is 11.8. The molecule has 4 bridgehead atoms. The highest BCUT2D eigenvalue weighted by molar-refractivity contribution is 5.91. The van der Waals surface area contributed by atoms with E-state index in [1.165, 1.54) is 89.0 Å². The lowest BCUT2D eigenvalue weighted by Crippen LogP contribution is -2.11. The molecule has 4 aliphatic rings.